The topological polar surface area (TPSA) is 34.1 Å². The molecule has 64 valence electrons. The summed E-state index contributed by atoms with van der Waals surface area (Å²) in [5.41, 5.74) is 2.22. The van der Waals surface area contributed by atoms with E-state index in [0.717, 1.165) is 12.0 Å². The number of hydrogen-bond acceptors (Lipinski definition) is 2. The van der Waals surface area contributed by atoms with Crippen LogP contribution in [0.4, 0.5) is 0 Å². The molecule has 0 unspecified atom stereocenters. The fourth-order valence-electron chi connectivity index (χ4n) is 1.43. The van der Waals surface area contributed by atoms with Gasteiger partial charge in [0.15, 0.2) is 9.84 Å². The summed E-state index contributed by atoms with van der Waals surface area (Å²) in [5.74, 6) is 0.194. The van der Waals surface area contributed by atoms with Crippen LogP contribution in [0.2, 0.25) is 0 Å². The summed E-state index contributed by atoms with van der Waals surface area (Å²) in [6.45, 7) is 1.68. The Balaban J connectivity index is 2.57. The second-order valence-electron chi connectivity index (χ2n) is 3.02. The Bertz CT molecular complexity index is 414. The average molecular weight is 182 g/mol. The van der Waals surface area contributed by atoms with Crippen LogP contribution >= 0.6 is 0 Å². The molecule has 0 fully saturated rings. The number of rotatable bonds is 2. The van der Waals surface area contributed by atoms with Crippen molar-refractivity contribution in [2.45, 2.75) is 18.2 Å². The van der Waals surface area contributed by atoms with Crippen molar-refractivity contribution in [3.05, 3.63) is 29.3 Å². The van der Waals surface area contributed by atoms with Crippen LogP contribution in [0.25, 0.3) is 0 Å². The molecule has 1 aromatic rings. The molecular formula is C9H10O2S. The van der Waals surface area contributed by atoms with Gasteiger partial charge in [0.05, 0.1) is 10.6 Å². The smallest absolute Gasteiger partial charge is 0.178 e. The fraction of sp³-hybridized carbons (Fsp3) is 0.333. The predicted octanol–water partition coefficient (Wildman–Crippen LogP) is 1.38. The zero-order valence-electron chi connectivity index (χ0n) is 6.87. The summed E-state index contributed by atoms with van der Waals surface area (Å²) in [7, 11) is -2.98. The molecule has 0 radical (unpaired) electrons. The molecule has 3 heteroatoms. The van der Waals surface area contributed by atoms with Crippen LogP contribution in [0, 0.1) is 0 Å². The van der Waals surface area contributed by atoms with Crippen molar-refractivity contribution in [3.63, 3.8) is 0 Å². The molecule has 0 aliphatic heterocycles. The van der Waals surface area contributed by atoms with Gasteiger partial charge in [-0.25, -0.2) is 8.42 Å². The Hall–Kier alpha value is -0.830. The normalized spacial score (nSPS) is 14.1. The monoisotopic (exact) mass is 182 g/mol. The van der Waals surface area contributed by atoms with Crippen LogP contribution in [-0.4, -0.2) is 14.2 Å². The molecule has 2 aliphatic rings. The molecule has 2 bridgehead atoms. The first-order valence-electron chi connectivity index (χ1n) is 3.98. The maximum absolute atomic E-state index is 11.5. The summed E-state index contributed by atoms with van der Waals surface area (Å²) in [6.07, 6.45) is 0.838. The van der Waals surface area contributed by atoms with E-state index < -0.39 is 9.84 Å². The highest BCUT2D eigenvalue weighted by Crippen LogP contribution is 2.28. The van der Waals surface area contributed by atoms with Gasteiger partial charge in [0.1, 0.15) is 0 Å². The first-order valence-corrected chi connectivity index (χ1v) is 5.63. The lowest BCUT2D eigenvalue weighted by Gasteiger charge is -2.18. The molecular weight excluding hydrogens is 172 g/mol. The lowest BCUT2D eigenvalue weighted by atomic mass is 9.94. The molecule has 0 amide bonds. The number of benzene rings is 1. The largest absolute Gasteiger partial charge is 0.224 e. The van der Waals surface area contributed by atoms with E-state index in [1.165, 1.54) is 5.56 Å². The SMILES string of the molecule is CCS(=O)(=O)c1ccc2cc1C2. The predicted molar refractivity (Wildman–Crippen MR) is 47.0 cm³/mol. The zero-order valence-corrected chi connectivity index (χ0v) is 7.69. The van der Waals surface area contributed by atoms with Crippen molar-refractivity contribution in [3.8, 4) is 0 Å². The van der Waals surface area contributed by atoms with E-state index in [4.69, 9.17) is 0 Å². The van der Waals surface area contributed by atoms with Gasteiger partial charge >= 0.3 is 0 Å². The molecule has 0 spiro atoms. The Morgan fingerprint density at radius 2 is 2.08 bits per heavy atom. The summed E-state index contributed by atoms with van der Waals surface area (Å²) in [4.78, 5) is 0.528. The van der Waals surface area contributed by atoms with Crippen LogP contribution in [0.15, 0.2) is 23.1 Å². The van der Waals surface area contributed by atoms with Gasteiger partial charge in [0, 0.05) is 0 Å². The fourth-order valence-corrected chi connectivity index (χ4v) is 2.55. The van der Waals surface area contributed by atoms with Crippen molar-refractivity contribution in [1.29, 1.82) is 0 Å². The van der Waals surface area contributed by atoms with E-state index >= 15 is 0 Å². The van der Waals surface area contributed by atoms with Gasteiger partial charge in [-0.2, -0.15) is 0 Å². The van der Waals surface area contributed by atoms with Gasteiger partial charge in [-0.3, -0.25) is 0 Å². The quantitative estimate of drug-likeness (QED) is 0.703. The second-order valence-corrected chi connectivity index (χ2v) is 5.27. The van der Waals surface area contributed by atoms with Gasteiger partial charge in [-0.05, 0) is 23.6 Å². The first-order chi connectivity index (χ1) is 5.63. The summed E-state index contributed by atoms with van der Waals surface area (Å²) >= 11 is 0. The van der Waals surface area contributed by atoms with Crippen LogP contribution in [-0.2, 0) is 16.3 Å². The number of fused-ring (bicyclic) bond motifs is 2. The third kappa shape index (κ3) is 0.966. The van der Waals surface area contributed by atoms with Crippen molar-refractivity contribution in [2.24, 2.45) is 0 Å². The minimum absolute atomic E-state index is 0.194. The molecule has 2 aliphatic carbocycles. The van der Waals surface area contributed by atoms with E-state index in [1.54, 1.807) is 13.0 Å². The van der Waals surface area contributed by atoms with Crippen LogP contribution in [0.1, 0.15) is 18.1 Å². The van der Waals surface area contributed by atoms with Crippen molar-refractivity contribution in [1.82, 2.24) is 0 Å². The summed E-state index contributed by atoms with van der Waals surface area (Å²) in [6, 6.07) is 5.55. The Labute approximate surface area is 72.1 Å². The van der Waals surface area contributed by atoms with Gasteiger partial charge in [-0.15, -0.1) is 0 Å². The highest BCUT2D eigenvalue weighted by Gasteiger charge is 2.21. The van der Waals surface area contributed by atoms with Gasteiger partial charge < -0.3 is 0 Å². The molecule has 0 atom stereocenters. The van der Waals surface area contributed by atoms with Crippen LogP contribution in [0.5, 0.6) is 0 Å². The van der Waals surface area contributed by atoms with Crippen molar-refractivity contribution < 1.29 is 8.42 Å². The van der Waals surface area contributed by atoms with E-state index in [0.29, 0.717) is 4.90 Å². The molecule has 0 heterocycles. The Morgan fingerprint density at radius 1 is 1.42 bits per heavy atom. The molecule has 12 heavy (non-hydrogen) atoms. The van der Waals surface area contributed by atoms with E-state index in [-0.39, 0.29) is 5.75 Å². The molecule has 0 aromatic heterocycles. The van der Waals surface area contributed by atoms with Gasteiger partial charge in [0.25, 0.3) is 0 Å². The van der Waals surface area contributed by atoms with Crippen LogP contribution < -0.4 is 0 Å². The first kappa shape index (κ1) is 7.80. The van der Waals surface area contributed by atoms with Crippen LogP contribution in [0.3, 0.4) is 0 Å². The zero-order chi connectivity index (χ0) is 8.77. The molecule has 1 aromatic carbocycles. The molecule has 3 rings (SSSR count). The third-order valence-electron chi connectivity index (χ3n) is 2.23. The van der Waals surface area contributed by atoms with Gasteiger partial charge in [0.2, 0.25) is 0 Å². The minimum atomic E-state index is -2.98. The van der Waals surface area contributed by atoms with Crippen molar-refractivity contribution in [2.75, 3.05) is 5.75 Å². The second kappa shape index (κ2) is 2.33. The number of sulfone groups is 1. The molecule has 0 N–H and O–H groups in total. The maximum Gasteiger partial charge on any atom is 0.178 e. The third-order valence-corrected chi connectivity index (χ3v) is 4.06. The highest BCUT2D eigenvalue weighted by molar-refractivity contribution is 7.91. The van der Waals surface area contributed by atoms with E-state index in [1.807, 2.05) is 12.1 Å². The lowest BCUT2D eigenvalue weighted by Crippen LogP contribution is -2.12. The highest BCUT2D eigenvalue weighted by atomic mass is 32.2. The molecule has 0 saturated heterocycles. The van der Waals surface area contributed by atoms with Crippen molar-refractivity contribution >= 4 is 9.84 Å². The standard InChI is InChI=1S/C9H10O2S/c1-2-12(10,11)9-4-3-7-5-8(9)6-7/h3-5H,2,6H2,1H3. The average Bonchev–Trinajstić information content (AvgIpc) is 2.03. The summed E-state index contributed by atoms with van der Waals surface area (Å²) in [5, 5.41) is 0. The van der Waals surface area contributed by atoms with E-state index in [9.17, 15) is 8.42 Å². The summed E-state index contributed by atoms with van der Waals surface area (Å²) < 4.78 is 22.9. The Kier molecular flexibility index (Phi) is 1.51. The Morgan fingerprint density at radius 3 is 2.50 bits per heavy atom. The van der Waals surface area contributed by atoms with E-state index in [2.05, 4.69) is 0 Å². The molecule has 0 saturated carbocycles. The van der Waals surface area contributed by atoms with Gasteiger partial charge in [-0.1, -0.05) is 19.1 Å². The molecule has 2 nitrogen and oxygen atoms in total. The maximum atomic E-state index is 11.5. The lowest BCUT2D eigenvalue weighted by molar-refractivity contribution is 0.595. The minimum Gasteiger partial charge on any atom is -0.224 e. The number of hydrogen-bond donors (Lipinski definition) is 0.